The van der Waals surface area contributed by atoms with Gasteiger partial charge in [0.1, 0.15) is 4.38 Å². The van der Waals surface area contributed by atoms with Crippen LogP contribution in [0.4, 0.5) is 0 Å². The van der Waals surface area contributed by atoms with E-state index in [4.69, 9.17) is 21.4 Å². The summed E-state index contributed by atoms with van der Waals surface area (Å²) in [5.41, 5.74) is 0. The Morgan fingerprint density at radius 1 is 1.20 bits per heavy atom. The molecule has 5 heteroatoms. The first-order valence-electron chi connectivity index (χ1n) is 4.66. The number of hydrogen-bond donors (Lipinski definition) is 0. The minimum absolute atomic E-state index is 0.851. The van der Waals surface area contributed by atoms with Gasteiger partial charge in [-0.2, -0.15) is 0 Å². The maximum absolute atomic E-state index is 6.44. The summed E-state index contributed by atoms with van der Waals surface area (Å²) in [6.07, 6.45) is 1.12. The number of halogens is 2. The van der Waals surface area contributed by atoms with Gasteiger partial charge in [-0.15, -0.1) is 0 Å². The van der Waals surface area contributed by atoms with E-state index in [1.54, 1.807) is 11.8 Å². The van der Waals surface area contributed by atoms with Crippen LogP contribution < -0.4 is 0 Å². The largest absolute Gasteiger partial charge is 0.271 e. The van der Waals surface area contributed by atoms with Gasteiger partial charge in [-0.05, 0) is 48.4 Å². The first-order chi connectivity index (χ1) is 7.21. The SMILES string of the molecule is ClS(Cl)(C1=NCCCS1)c1ccccc1. The average molecular weight is 280 g/mol. The fraction of sp³-hybridized carbons (Fsp3) is 0.300. The first-order valence-corrected chi connectivity index (χ1v) is 8.93. The molecule has 0 bridgehead atoms. The maximum Gasteiger partial charge on any atom is 0.138 e. The minimum Gasteiger partial charge on any atom is -0.271 e. The Morgan fingerprint density at radius 2 is 1.93 bits per heavy atom. The monoisotopic (exact) mass is 279 g/mol. The van der Waals surface area contributed by atoms with Crippen molar-refractivity contribution in [2.75, 3.05) is 12.3 Å². The molecule has 0 aliphatic carbocycles. The average Bonchev–Trinajstić information content (AvgIpc) is 2.31. The number of thioether (sulfide) groups is 1. The molecular formula is C10H11Cl2NS2. The van der Waals surface area contributed by atoms with Gasteiger partial charge in [-0.1, -0.05) is 30.0 Å². The molecule has 1 nitrogen and oxygen atoms in total. The number of aliphatic imine (C=N–C) groups is 1. The molecule has 0 saturated heterocycles. The summed E-state index contributed by atoms with van der Waals surface area (Å²) < 4.78 is 0.906. The number of hydrogen-bond acceptors (Lipinski definition) is 2. The van der Waals surface area contributed by atoms with E-state index in [9.17, 15) is 0 Å². The Bertz CT molecular complexity index is 365. The van der Waals surface area contributed by atoms with Crippen molar-refractivity contribution in [3.63, 3.8) is 0 Å². The lowest BCUT2D eigenvalue weighted by atomic mass is 10.4. The Morgan fingerprint density at radius 3 is 2.53 bits per heavy atom. The summed E-state index contributed by atoms with van der Waals surface area (Å²) >= 11 is 1.69. The Labute approximate surface area is 105 Å². The predicted molar refractivity (Wildman–Crippen MR) is 73.4 cm³/mol. The normalized spacial score (nSPS) is 18.4. The van der Waals surface area contributed by atoms with Crippen LogP contribution in [0.25, 0.3) is 0 Å². The van der Waals surface area contributed by atoms with E-state index < -0.39 is 8.46 Å². The highest BCUT2D eigenvalue weighted by molar-refractivity contribution is 8.80. The molecule has 1 aromatic rings. The molecule has 1 aliphatic heterocycles. The summed E-state index contributed by atoms with van der Waals surface area (Å²) in [7, 11) is 11.0. The van der Waals surface area contributed by atoms with Crippen molar-refractivity contribution in [3.05, 3.63) is 30.3 Å². The van der Waals surface area contributed by atoms with Gasteiger partial charge in [0.15, 0.2) is 0 Å². The van der Waals surface area contributed by atoms with E-state index in [-0.39, 0.29) is 0 Å². The quantitative estimate of drug-likeness (QED) is 0.729. The van der Waals surface area contributed by atoms with E-state index >= 15 is 0 Å². The number of nitrogens with zero attached hydrogens (tertiary/aromatic N) is 1. The molecule has 0 spiro atoms. The zero-order valence-electron chi connectivity index (χ0n) is 8.03. The first kappa shape index (κ1) is 11.6. The third-order valence-corrected chi connectivity index (χ3v) is 7.93. The van der Waals surface area contributed by atoms with Gasteiger partial charge in [-0.25, -0.2) is 0 Å². The number of rotatable bonds is 1. The molecule has 1 heterocycles. The second-order valence-corrected chi connectivity index (χ2v) is 9.52. The Kier molecular flexibility index (Phi) is 3.88. The van der Waals surface area contributed by atoms with Gasteiger partial charge in [0.25, 0.3) is 0 Å². The Hall–Kier alpha value is 0.170. The summed E-state index contributed by atoms with van der Waals surface area (Å²) in [5.74, 6) is 1.07. The van der Waals surface area contributed by atoms with Crippen molar-refractivity contribution in [3.8, 4) is 0 Å². The van der Waals surface area contributed by atoms with Crippen LogP contribution in [-0.4, -0.2) is 16.7 Å². The van der Waals surface area contributed by atoms with Crippen LogP contribution in [-0.2, 0) is 0 Å². The lowest BCUT2D eigenvalue weighted by molar-refractivity contribution is 0.942. The predicted octanol–water partition coefficient (Wildman–Crippen LogP) is 4.65. The lowest BCUT2D eigenvalue weighted by Crippen LogP contribution is -2.06. The molecule has 0 radical (unpaired) electrons. The molecule has 0 aromatic heterocycles. The highest BCUT2D eigenvalue weighted by atomic mass is 36.0. The maximum atomic E-state index is 6.44. The smallest absolute Gasteiger partial charge is 0.138 e. The van der Waals surface area contributed by atoms with Gasteiger partial charge >= 0.3 is 0 Å². The molecule has 0 fully saturated rings. The molecule has 1 aromatic carbocycles. The molecular weight excluding hydrogens is 269 g/mol. The van der Waals surface area contributed by atoms with Gasteiger partial charge in [0.05, 0.1) is 0 Å². The van der Waals surface area contributed by atoms with E-state index in [0.29, 0.717) is 0 Å². The highest BCUT2D eigenvalue weighted by Crippen LogP contribution is 2.68. The summed E-state index contributed by atoms with van der Waals surface area (Å²) in [6, 6.07) is 9.80. The second-order valence-electron chi connectivity index (χ2n) is 3.13. The van der Waals surface area contributed by atoms with Crippen LogP contribution in [0.5, 0.6) is 0 Å². The lowest BCUT2D eigenvalue weighted by Gasteiger charge is -2.28. The van der Waals surface area contributed by atoms with Crippen molar-refractivity contribution in [2.24, 2.45) is 4.99 Å². The van der Waals surface area contributed by atoms with Gasteiger partial charge in [0, 0.05) is 17.2 Å². The fourth-order valence-electron chi connectivity index (χ4n) is 1.29. The van der Waals surface area contributed by atoms with Crippen molar-refractivity contribution in [1.29, 1.82) is 0 Å². The topological polar surface area (TPSA) is 12.4 Å². The molecule has 0 unspecified atom stereocenters. The molecule has 82 valence electrons. The van der Waals surface area contributed by atoms with Gasteiger partial charge < -0.3 is 0 Å². The third kappa shape index (κ3) is 2.64. The van der Waals surface area contributed by atoms with Crippen molar-refractivity contribution in [2.45, 2.75) is 11.3 Å². The molecule has 15 heavy (non-hydrogen) atoms. The van der Waals surface area contributed by atoms with E-state index in [0.717, 1.165) is 28.0 Å². The van der Waals surface area contributed by atoms with Crippen LogP contribution in [0.3, 0.4) is 0 Å². The van der Waals surface area contributed by atoms with E-state index in [1.807, 2.05) is 30.3 Å². The third-order valence-electron chi connectivity index (χ3n) is 2.03. The van der Waals surface area contributed by atoms with Gasteiger partial charge in [-0.3, -0.25) is 4.99 Å². The van der Waals surface area contributed by atoms with Crippen molar-refractivity contribution >= 4 is 46.0 Å². The summed E-state index contributed by atoms with van der Waals surface area (Å²) in [4.78, 5) is 5.40. The van der Waals surface area contributed by atoms with E-state index in [2.05, 4.69) is 4.99 Å². The number of benzene rings is 1. The summed E-state index contributed by atoms with van der Waals surface area (Å²) in [6.45, 7) is 0.851. The molecule has 0 N–H and O–H groups in total. The van der Waals surface area contributed by atoms with Crippen molar-refractivity contribution in [1.82, 2.24) is 0 Å². The molecule has 0 saturated carbocycles. The van der Waals surface area contributed by atoms with Crippen molar-refractivity contribution < 1.29 is 0 Å². The second kappa shape index (κ2) is 5.00. The fourth-order valence-corrected chi connectivity index (χ4v) is 5.71. The standard InChI is InChI=1S/C10H11Cl2NS2/c11-15(12,9-5-2-1-3-6-9)10-13-7-4-8-14-10/h1-3,5-6H,4,7-8H2. The molecule has 1 aliphatic rings. The van der Waals surface area contributed by atoms with Gasteiger partial charge in [0.2, 0.25) is 0 Å². The zero-order valence-corrected chi connectivity index (χ0v) is 11.2. The van der Waals surface area contributed by atoms with Crippen LogP contribution >= 0.6 is 41.6 Å². The molecule has 0 amide bonds. The Balaban J connectivity index is 2.30. The molecule has 0 atom stereocenters. The minimum atomic E-state index is -1.90. The zero-order chi connectivity index (χ0) is 10.7. The van der Waals surface area contributed by atoms with Crippen LogP contribution in [0.15, 0.2) is 40.2 Å². The van der Waals surface area contributed by atoms with Crippen LogP contribution in [0.1, 0.15) is 6.42 Å². The molecule has 2 rings (SSSR count). The van der Waals surface area contributed by atoms with Crippen LogP contribution in [0.2, 0.25) is 0 Å². The van der Waals surface area contributed by atoms with Crippen LogP contribution in [0, 0.1) is 0 Å². The highest BCUT2D eigenvalue weighted by Gasteiger charge is 2.29. The summed E-state index contributed by atoms with van der Waals surface area (Å²) in [5, 5.41) is 0. The van der Waals surface area contributed by atoms with E-state index in [1.165, 1.54) is 0 Å².